The molecule has 0 atom stereocenters. The minimum Gasteiger partial charge on any atom is -0.462 e. The number of nitrogen functional groups attached to an aromatic ring is 1. The van der Waals surface area contributed by atoms with E-state index >= 15 is 0 Å². The summed E-state index contributed by atoms with van der Waals surface area (Å²) in [7, 11) is 0. The van der Waals surface area contributed by atoms with Gasteiger partial charge in [-0.2, -0.15) is 4.98 Å². The molecule has 0 spiro atoms. The standard InChI is InChI=1S/C18H18Cl2N4O/c1-11(2)10-25-18-22-17(12-6-7-15(19)16(20)8-12)24(23-18)14-5-3-4-13(21)9-14/h3-9,11H,10,21H2,1-2H3. The fourth-order valence-corrected chi connectivity index (χ4v) is 2.55. The third kappa shape index (κ3) is 4.06. The third-order valence-electron chi connectivity index (χ3n) is 3.43. The molecule has 130 valence electrons. The average molecular weight is 377 g/mol. The molecule has 2 N–H and O–H groups in total. The summed E-state index contributed by atoms with van der Waals surface area (Å²) < 4.78 is 7.37. The molecule has 0 radical (unpaired) electrons. The second-order valence-corrected chi connectivity index (χ2v) is 6.87. The molecule has 0 fully saturated rings. The van der Waals surface area contributed by atoms with Crippen LogP contribution < -0.4 is 10.5 Å². The SMILES string of the molecule is CC(C)COc1nc(-c2ccc(Cl)c(Cl)c2)n(-c2cccc(N)c2)n1. The number of benzene rings is 2. The second-order valence-electron chi connectivity index (χ2n) is 6.06. The van der Waals surface area contributed by atoms with Crippen LogP contribution in [0.5, 0.6) is 6.01 Å². The highest BCUT2D eigenvalue weighted by molar-refractivity contribution is 6.42. The highest BCUT2D eigenvalue weighted by Crippen LogP contribution is 2.30. The van der Waals surface area contributed by atoms with E-state index in [-0.39, 0.29) is 0 Å². The number of nitrogens with zero attached hydrogens (tertiary/aromatic N) is 3. The largest absolute Gasteiger partial charge is 0.462 e. The molecule has 3 aromatic rings. The van der Waals surface area contributed by atoms with Crippen LogP contribution in [0.4, 0.5) is 5.69 Å². The molecule has 0 aliphatic rings. The number of aromatic nitrogens is 3. The molecule has 0 saturated carbocycles. The van der Waals surface area contributed by atoms with E-state index in [0.29, 0.717) is 40.1 Å². The van der Waals surface area contributed by atoms with Gasteiger partial charge in [0.15, 0.2) is 5.82 Å². The quantitative estimate of drug-likeness (QED) is 0.645. The average Bonchev–Trinajstić information content (AvgIpc) is 3.00. The van der Waals surface area contributed by atoms with Gasteiger partial charge in [-0.25, -0.2) is 4.68 Å². The molecule has 1 aromatic heterocycles. The Morgan fingerprint density at radius 2 is 1.92 bits per heavy atom. The lowest BCUT2D eigenvalue weighted by molar-refractivity contribution is 0.251. The van der Waals surface area contributed by atoms with Crippen molar-refractivity contribution in [1.29, 1.82) is 0 Å². The highest BCUT2D eigenvalue weighted by Gasteiger charge is 2.16. The van der Waals surface area contributed by atoms with E-state index in [1.54, 1.807) is 16.8 Å². The second kappa shape index (κ2) is 7.33. The van der Waals surface area contributed by atoms with E-state index in [2.05, 4.69) is 23.9 Å². The number of halogens is 2. The van der Waals surface area contributed by atoms with Gasteiger partial charge in [0, 0.05) is 11.3 Å². The summed E-state index contributed by atoms with van der Waals surface area (Å²) in [6.07, 6.45) is 0. The van der Waals surface area contributed by atoms with Crippen LogP contribution in [-0.2, 0) is 0 Å². The van der Waals surface area contributed by atoms with E-state index in [4.69, 9.17) is 33.7 Å². The fraction of sp³-hybridized carbons (Fsp3) is 0.222. The summed E-state index contributed by atoms with van der Waals surface area (Å²) in [6.45, 7) is 4.66. The van der Waals surface area contributed by atoms with Crippen LogP contribution in [0.1, 0.15) is 13.8 Å². The van der Waals surface area contributed by atoms with E-state index in [0.717, 1.165) is 11.3 Å². The number of hydrogen-bond donors (Lipinski definition) is 1. The summed E-state index contributed by atoms with van der Waals surface area (Å²) in [5.74, 6) is 0.968. The topological polar surface area (TPSA) is 66.0 Å². The van der Waals surface area contributed by atoms with Crippen LogP contribution >= 0.6 is 23.2 Å². The van der Waals surface area contributed by atoms with Gasteiger partial charge in [-0.3, -0.25) is 0 Å². The van der Waals surface area contributed by atoms with Crippen molar-refractivity contribution in [2.45, 2.75) is 13.8 Å². The predicted octanol–water partition coefficient (Wildman–Crippen LogP) is 4.86. The first-order valence-electron chi connectivity index (χ1n) is 7.85. The van der Waals surface area contributed by atoms with E-state index < -0.39 is 0 Å². The van der Waals surface area contributed by atoms with Gasteiger partial charge in [0.1, 0.15) is 0 Å². The third-order valence-corrected chi connectivity index (χ3v) is 4.17. The van der Waals surface area contributed by atoms with Crippen molar-refractivity contribution < 1.29 is 4.74 Å². The summed E-state index contributed by atoms with van der Waals surface area (Å²) in [5.41, 5.74) is 8.11. The maximum atomic E-state index is 6.16. The van der Waals surface area contributed by atoms with Crippen LogP contribution in [0.25, 0.3) is 17.1 Å². The van der Waals surface area contributed by atoms with Crippen LogP contribution in [0.3, 0.4) is 0 Å². The Labute approximate surface area is 156 Å². The Morgan fingerprint density at radius 1 is 1.12 bits per heavy atom. The number of hydrogen-bond acceptors (Lipinski definition) is 4. The molecule has 5 nitrogen and oxygen atoms in total. The van der Waals surface area contributed by atoms with Gasteiger partial charge in [0.2, 0.25) is 0 Å². The van der Waals surface area contributed by atoms with Gasteiger partial charge in [0.05, 0.1) is 22.3 Å². The number of nitrogens with two attached hydrogens (primary N) is 1. The highest BCUT2D eigenvalue weighted by atomic mass is 35.5. The van der Waals surface area contributed by atoms with Gasteiger partial charge in [-0.15, -0.1) is 5.10 Å². The molecule has 0 aliphatic heterocycles. The maximum absolute atomic E-state index is 6.16. The van der Waals surface area contributed by atoms with Crippen molar-refractivity contribution in [2.75, 3.05) is 12.3 Å². The Hall–Kier alpha value is -2.24. The molecule has 2 aromatic carbocycles. The summed E-state index contributed by atoms with van der Waals surface area (Å²) in [4.78, 5) is 4.52. The molecule has 0 aliphatic carbocycles. The van der Waals surface area contributed by atoms with Crippen LogP contribution in [-0.4, -0.2) is 21.4 Å². The number of anilines is 1. The number of rotatable bonds is 5. The van der Waals surface area contributed by atoms with Crippen molar-refractivity contribution in [3.63, 3.8) is 0 Å². The zero-order chi connectivity index (χ0) is 18.0. The lowest BCUT2D eigenvalue weighted by atomic mass is 10.2. The monoisotopic (exact) mass is 376 g/mol. The van der Waals surface area contributed by atoms with Crippen molar-refractivity contribution >= 4 is 28.9 Å². The zero-order valence-corrected chi connectivity index (χ0v) is 15.4. The molecule has 0 amide bonds. The predicted molar refractivity (Wildman–Crippen MR) is 102 cm³/mol. The summed E-state index contributed by atoms with van der Waals surface area (Å²) in [5, 5.41) is 5.41. The van der Waals surface area contributed by atoms with Crippen LogP contribution in [0, 0.1) is 5.92 Å². The molecule has 0 bridgehead atoms. The lowest BCUT2D eigenvalue weighted by Gasteiger charge is -2.07. The molecule has 25 heavy (non-hydrogen) atoms. The molecular formula is C18H18Cl2N4O. The summed E-state index contributed by atoms with van der Waals surface area (Å²) in [6, 6.07) is 13.0. The Kier molecular flexibility index (Phi) is 5.16. The first-order chi connectivity index (χ1) is 11.9. The van der Waals surface area contributed by atoms with Crippen LogP contribution in [0.15, 0.2) is 42.5 Å². The van der Waals surface area contributed by atoms with Gasteiger partial charge >= 0.3 is 6.01 Å². The normalized spacial score (nSPS) is 11.1. The fourth-order valence-electron chi connectivity index (χ4n) is 2.25. The molecule has 0 unspecified atom stereocenters. The smallest absolute Gasteiger partial charge is 0.336 e. The lowest BCUT2D eigenvalue weighted by Crippen LogP contribution is -2.06. The van der Waals surface area contributed by atoms with E-state index in [9.17, 15) is 0 Å². The van der Waals surface area contributed by atoms with Crippen molar-refractivity contribution in [3.8, 4) is 23.1 Å². The summed E-state index contributed by atoms with van der Waals surface area (Å²) >= 11 is 12.2. The van der Waals surface area contributed by atoms with Gasteiger partial charge in [-0.05, 0) is 42.3 Å². The van der Waals surface area contributed by atoms with E-state index in [1.807, 2.05) is 30.3 Å². The first kappa shape index (κ1) is 17.6. The first-order valence-corrected chi connectivity index (χ1v) is 8.61. The molecule has 1 heterocycles. The van der Waals surface area contributed by atoms with Gasteiger partial charge < -0.3 is 10.5 Å². The number of ether oxygens (including phenoxy) is 1. The van der Waals surface area contributed by atoms with Gasteiger partial charge in [0.25, 0.3) is 0 Å². The molecule has 3 rings (SSSR count). The van der Waals surface area contributed by atoms with Crippen molar-refractivity contribution in [3.05, 3.63) is 52.5 Å². The van der Waals surface area contributed by atoms with E-state index in [1.165, 1.54) is 0 Å². The van der Waals surface area contributed by atoms with Crippen molar-refractivity contribution in [2.24, 2.45) is 5.92 Å². The molecule has 7 heteroatoms. The Bertz CT molecular complexity index is 893. The molecule has 0 saturated heterocycles. The van der Waals surface area contributed by atoms with Crippen LogP contribution in [0.2, 0.25) is 10.0 Å². The zero-order valence-electron chi connectivity index (χ0n) is 13.9. The van der Waals surface area contributed by atoms with Crippen molar-refractivity contribution in [1.82, 2.24) is 14.8 Å². The van der Waals surface area contributed by atoms with Gasteiger partial charge in [-0.1, -0.05) is 43.1 Å². The molecular weight excluding hydrogens is 359 g/mol. The Balaban J connectivity index is 2.09. The maximum Gasteiger partial charge on any atom is 0.336 e. The minimum absolute atomic E-state index is 0.303. The Morgan fingerprint density at radius 3 is 2.60 bits per heavy atom. The minimum atomic E-state index is 0.303.